The Hall–Kier alpha value is -1.79. The van der Waals surface area contributed by atoms with E-state index in [9.17, 15) is 0 Å². The number of benzene rings is 2. The van der Waals surface area contributed by atoms with Gasteiger partial charge in [-0.05, 0) is 54.7 Å². The minimum absolute atomic E-state index is 0.329. The van der Waals surface area contributed by atoms with Crippen molar-refractivity contribution in [3.05, 3.63) is 63.1 Å². The van der Waals surface area contributed by atoms with Crippen molar-refractivity contribution < 1.29 is 0 Å². The average Bonchev–Trinajstić information content (AvgIpc) is 2.86. The maximum Gasteiger partial charge on any atom is 0.0992 e. The van der Waals surface area contributed by atoms with Gasteiger partial charge in [-0.3, -0.25) is 0 Å². The number of halogens is 1. The van der Waals surface area contributed by atoms with E-state index >= 15 is 0 Å². The van der Waals surface area contributed by atoms with E-state index in [0.717, 1.165) is 18.5 Å². The van der Waals surface area contributed by atoms with Crippen LogP contribution in [-0.4, -0.2) is 0 Å². The molecule has 0 spiro atoms. The molecule has 0 heterocycles. The average molecular weight is 327 g/mol. The van der Waals surface area contributed by atoms with Crippen LogP contribution < -0.4 is 5.32 Å². The van der Waals surface area contributed by atoms with Crippen molar-refractivity contribution in [2.75, 3.05) is 5.32 Å². The van der Waals surface area contributed by atoms with Gasteiger partial charge >= 0.3 is 0 Å². The fourth-order valence-corrected chi connectivity index (χ4v) is 3.37. The lowest BCUT2D eigenvalue weighted by Crippen LogP contribution is -2.08. The van der Waals surface area contributed by atoms with Crippen molar-refractivity contribution in [3.8, 4) is 6.07 Å². The van der Waals surface area contributed by atoms with Gasteiger partial charge in [-0.25, -0.2) is 0 Å². The van der Waals surface area contributed by atoms with Crippen molar-refractivity contribution in [3.63, 3.8) is 0 Å². The molecule has 1 N–H and O–H groups in total. The Labute approximate surface area is 127 Å². The maximum absolute atomic E-state index is 9.02. The van der Waals surface area contributed by atoms with Crippen LogP contribution in [0.5, 0.6) is 0 Å². The molecule has 100 valence electrons. The number of anilines is 1. The standard InChI is InChI=1S/C17H15BrN2/c1-11-5-6-12(10-19)9-17(11)20-16-8-7-13-14(16)3-2-4-15(13)18/h2-6,9,16,20H,7-8H2,1H3. The molecule has 3 heteroatoms. The van der Waals surface area contributed by atoms with E-state index in [1.54, 1.807) is 0 Å². The van der Waals surface area contributed by atoms with Gasteiger partial charge in [0.05, 0.1) is 17.7 Å². The normalized spacial score (nSPS) is 16.6. The maximum atomic E-state index is 9.02. The molecule has 0 amide bonds. The van der Waals surface area contributed by atoms with E-state index in [2.05, 4.69) is 52.4 Å². The number of hydrogen-bond acceptors (Lipinski definition) is 2. The van der Waals surface area contributed by atoms with Gasteiger partial charge in [0.15, 0.2) is 0 Å². The Bertz CT molecular complexity index is 701. The molecule has 1 atom stereocenters. The molecule has 2 aromatic rings. The largest absolute Gasteiger partial charge is 0.378 e. The third kappa shape index (κ3) is 2.32. The molecule has 1 aliphatic carbocycles. The Balaban J connectivity index is 1.92. The third-order valence-corrected chi connectivity index (χ3v) is 4.65. The highest BCUT2D eigenvalue weighted by atomic mass is 79.9. The first kappa shape index (κ1) is 13.2. The minimum atomic E-state index is 0.329. The topological polar surface area (TPSA) is 35.8 Å². The summed E-state index contributed by atoms with van der Waals surface area (Å²) in [6.45, 7) is 2.07. The number of aryl methyl sites for hydroxylation is 1. The van der Waals surface area contributed by atoms with Gasteiger partial charge in [0.2, 0.25) is 0 Å². The molecule has 0 aliphatic heterocycles. The third-order valence-electron chi connectivity index (χ3n) is 3.91. The zero-order chi connectivity index (χ0) is 14.1. The summed E-state index contributed by atoms with van der Waals surface area (Å²) < 4.78 is 1.20. The van der Waals surface area contributed by atoms with Gasteiger partial charge in [-0.2, -0.15) is 5.26 Å². The van der Waals surface area contributed by atoms with E-state index < -0.39 is 0 Å². The highest BCUT2D eigenvalue weighted by Gasteiger charge is 2.24. The second-order valence-corrected chi connectivity index (χ2v) is 6.04. The van der Waals surface area contributed by atoms with Crippen molar-refractivity contribution in [2.24, 2.45) is 0 Å². The first-order valence-corrected chi connectivity index (χ1v) is 7.53. The lowest BCUT2D eigenvalue weighted by molar-refractivity contribution is 0.761. The molecule has 2 aromatic carbocycles. The van der Waals surface area contributed by atoms with E-state index in [0.29, 0.717) is 11.6 Å². The molecule has 0 fully saturated rings. The molecular formula is C17H15BrN2. The Morgan fingerprint density at radius 1 is 1.30 bits per heavy atom. The van der Waals surface area contributed by atoms with E-state index in [4.69, 9.17) is 5.26 Å². The second-order valence-electron chi connectivity index (χ2n) is 5.18. The summed E-state index contributed by atoms with van der Waals surface area (Å²) in [4.78, 5) is 0. The van der Waals surface area contributed by atoms with E-state index in [1.165, 1.54) is 21.2 Å². The molecule has 0 bridgehead atoms. The first-order valence-electron chi connectivity index (χ1n) is 6.73. The van der Waals surface area contributed by atoms with Crippen LogP contribution in [0.2, 0.25) is 0 Å². The zero-order valence-corrected chi connectivity index (χ0v) is 12.9. The Morgan fingerprint density at radius 3 is 2.95 bits per heavy atom. The number of rotatable bonds is 2. The van der Waals surface area contributed by atoms with Gasteiger partial charge in [-0.15, -0.1) is 0 Å². The minimum Gasteiger partial charge on any atom is -0.378 e. The molecule has 1 unspecified atom stereocenters. The predicted molar refractivity (Wildman–Crippen MR) is 84.7 cm³/mol. The molecule has 1 aliphatic rings. The summed E-state index contributed by atoms with van der Waals surface area (Å²) >= 11 is 3.63. The SMILES string of the molecule is Cc1ccc(C#N)cc1NC1CCc2c(Br)cccc21. The highest BCUT2D eigenvalue weighted by Crippen LogP contribution is 2.38. The number of nitrogens with zero attached hydrogens (tertiary/aromatic N) is 1. The smallest absolute Gasteiger partial charge is 0.0992 e. The van der Waals surface area contributed by atoms with Crippen LogP contribution in [0.25, 0.3) is 0 Å². The predicted octanol–water partition coefficient (Wildman–Crippen LogP) is 4.73. The fourth-order valence-electron chi connectivity index (χ4n) is 2.79. The molecule has 2 nitrogen and oxygen atoms in total. The lowest BCUT2D eigenvalue weighted by atomic mass is 10.1. The molecule has 0 aromatic heterocycles. The summed E-state index contributed by atoms with van der Waals surface area (Å²) in [6.07, 6.45) is 2.18. The van der Waals surface area contributed by atoms with E-state index in [-0.39, 0.29) is 0 Å². The molecule has 0 saturated heterocycles. The van der Waals surface area contributed by atoms with Gasteiger partial charge in [0.1, 0.15) is 0 Å². The van der Waals surface area contributed by atoms with Crippen LogP contribution in [0.15, 0.2) is 40.9 Å². The monoisotopic (exact) mass is 326 g/mol. The van der Waals surface area contributed by atoms with Crippen LogP contribution in [0.3, 0.4) is 0 Å². The van der Waals surface area contributed by atoms with Crippen molar-refractivity contribution in [1.29, 1.82) is 5.26 Å². The quantitative estimate of drug-likeness (QED) is 0.866. The number of fused-ring (bicyclic) bond motifs is 1. The van der Waals surface area contributed by atoms with Gasteiger partial charge in [0.25, 0.3) is 0 Å². The summed E-state index contributed by atoms with van der Waals surface area (Å²) in [5.41, 5.74) is 5.69. The Morgan fingerprint density at radius 2 is 2.15 bits per heavy atom. The lowest BCUT2D eigenvalue weighted by Gasteiger charge is -2.17. The van der Waals surface area contributed by atoms with Crippen LogP contribution >= 0.6 is 15.9 Å². The summed E-state index contributed by atoms with van der Waals surface area (Å²) in [5.74, 6) is 0. The first-order chi connectivity index (χ1) is 9.69. The molecule has 3 rings (SSSR count). The van der Waals surface area contributed by atoms with Crippen LogP contribution in [0, 0.1) is 18.3 Å². The van der Waals surface area contributed by atoms with Crippen LogP contribution in [0.1, 0.15) is 34.7 Å². The summed E-state index contributed by atoms with van der Waals surface area (Å²) in [5, 5.41) is 12.6. The zero-order valence-electron chi connectivity index (χ0n) is 11.3. The number of hydrogen-bond donors (Lipinski definition) is 1. The second kappa shape index (κ2) is 5.30. The van der Waals surface area contributed by atoms with Crippen molar-refractivity contribution in [1.82, 2.24) is 0 Å². The summed E-state index contributed by atoms with van der Waals surface area (Å²) in [7, 11) is 0. The molecule has 0 radical (unpaired) electrons. The number of nitrogens with one attached hydrogen (secondary N) is 1. The van der Waals surface area contributed by atoms with Crippen molar-refractivity contribution >= 4 is 21.6 Å². The molecular weight excluding hydrogens is 312 g/mol. The molecule has 20 heavy (non-hydrogen) atoms. The van der Waals surface area contributed by atoms with Gasteiger partial charge < -0.3 is 5.32 Å². The van der Waals surface area contributed by atoms with E-state index in [1.807, 2.05) is 18.2 Å². The molecule has 0 saturated carbocycles. The van der Waals surface area contributed by atoms with Gasteiger partial charge in [-0.1, -0.05) is 34.1 Å². The fraction of sp³-hybridized carbons (Fsp3) is 0.235. The Kier molecular flexibility index (Phi) is 3.50. The van der Waals surface area contributed by atoms with Crippen LogP contribution in [0.4, 0.5) is 5.69 Å². The van der Waals surface area contributed by atoms with Crippen LogP contribution in [-0.2, 0) is 6.42 Å². The van der Waals surface area contributed by atoms with Gasteiger partial charge in [0, 0.05) is 10.2 Å². The number of nitriles is 1. The summed E-state index contributed by atoms with van der Waals surface area (Å²) in [6, 6.07) is 14.7. The van der Waals surface area contributed by atoms with Crippen molar-refractivity contribution in [2.45, 2.75) is 25.8 Å². The highest BCUT2D eigenvalue weighted by molar-refractivity contribution is 9.10.